The van der Waals surface area contributed by atoms with Crippen molar-refractivity contribution in [2.24, 2.45) is 4.99 Å². The monoisotopic (exact) mass is 438 g/mol. The van der Waals surface area contributed by atoms with Gasteiger partial charge in [-0.3, -0.25) is 10.1 Å². The lowest BCUT2D eigenvalue weighted by Crippen LogP contribution is -2.33. The third kappa shape index (κ3) is 6.35. The molecule has 166 valence electrons. The number of rotatable bonds is 7. The number of aliphatic imine (C=N–C) groups is 1. The molecule has 0 spiro atoms. The second kappa shape index (κ2) is 10.2. The fourth-order valence-electron chi connectivity index (χ4n) is 2.67. The number of hydrogen-bond acceptors (Lipinski definition) is 6. The largest absolute Gasteiger partial charge is 0.463 e. The predicted octanol–water partition coefficient (Wildman–Crippen LogP) is 3.77. The Morgan fingerprint density at radius 1 is 1.13 bits per heavy atom. The summed E-state index contributed by atoms with van der Waals surface area (Å²) in [4.78, 5) is 16.7. The van der Waals surface area contributed by atoms with Crippen LogP contribution in [-0.4, -0.2) is 38.5 Å². The molecule has 2 aromatic carbocycles. The summed E-state index contributed by atoms with van der Waals surface area (Å²) in [6.07, 6.45) is -4.56. The van der Waals surface area contributed by atoms with E-state index in [9.17, 15) is 18.0 Å². The number of ether oxygens (including phenoxy) is 4. The first-order valence-corrected chi connectivity index (χ1v) is 9.49. The number of nitrogens with zero attached hydrogens (tertiary/aromatic N) is 1. The minimum Gasteiger partial charge on any atom is -0.463 e. The van der Waals surface area contributed by atoms with Gasteiger partial charge in [-0.1, -0.05) is 12.1 Å². The van der Waals surface area contributed by atoms with Crippen molar-refractivity contribution in [3.63, 3.8) is 0 Å². The lowest BCUT2D eigenvalue weighted by molar-refractivity contribution is -0.137. The van der Waals surface area contributed by atoms with Crippen LogP contribution in [0.4, 0.5) is 13.2 Å². The molecule has 1 N–H and O–H groups in total. The second-order valence-corrected chi connectivity index (χ2v) is 6.39. The van der Waals surface area contributed by atoms with Gasteiger partial charge in [-0.25, -0.2) is 4.99 Å². The molecule has 0 aromatic heterocycles. The molecular formula is C21H21F3N2O5. The van der Waals surface area contributed by atoms with Crippen molar-refractivity contribution in [2.45, 2.75) is 19.6 Å². The number of fused-ring (bicyclic) bond motifs is 1. The van der Waals surface area contributed by atoms with E-state index >= 15 is 0 Å². The van der Waals surface area contributed by atoms with E-state index in [4.69, 9.17) is 18.9 Å². The summed E-state index contributed by atoms with van der Waals surface area (Å²) in [5, 5.41) is 2.42. The Kier molecular flexibility index (Phi) is 7.35. The molecule has 0 unspecified atom stereocenters. The molecule has 1 amide bonds. The lowest BCUT2D eigenvalue weighted by atomic mass is 10.1. The van der Waals surface area contributed by atoms with E-state index in [1.54, 1.807) is 18.2 Å². The molecular weight excluding hydrogens is 417 g/mol. The van der Waals surface area contributed by atoms with Gasteiger partial charge in [0.05, 0.1) is 18.7 Å². The zero-order chi connectivity index (χ0) is 22.3. The van der Waals surface area contributed by atoms with Crippen molar-refractivity contribution in [1.29, 1.82) is 0 Å². The molecule has 0 saturated carbocycles. The van der Waals surface area contributed by atoms with Crippen molar-refractivity contribution < 1.29 is 36.9 Å². The Morgan fingerprint density at radius 3 is 2.71 bits per heavy atom. The maximum absolute atomic E-state index is 12.9. The highest BCUT2D eigenvalue weighted by Gasteiger charge is 2.31. The topological polar surface area (TPSA) is 78.4 Å². The Bertz CT molecular complexity index is 947. The number of amidine groups is 1. The van der Waals surface area contributed by atoms with Gasteiger partial charge < -0.3 is 18.9 Å². The minimum absolute atomic E-state index is 0.108. The third-order valence-corrected chi connectivity index (χ3v) is 4.19. The average molecular weight is 438 g/mol. The Hall–Kier alpha value is -3.27. The van der Waals surface area contributed by atoms with E-state index in [2.05, 4.69) is 10.3 Å². The van der Waals surface area contributed by atoms with Crippen molar-refractivity contribution in [3.8, 4) is 11.5 Å². The van der Waals surface area contributed by atoms with Crippen LogP contribution in [0.3, 0.4) is 0 Å². The summed E-state index contributed by atoms with van der Waals surface area (Å²) in [6, 6.07) is 9.25. The molecule has 2 aromatic rings. The highest BCUT2D eigenvalue weighted by molar-refractivity contribution is 6.04. The fourth-order valence-corrected chi connectivity index (χ4v) is 2.67. The van der Waals surface area contributed by atoms with Gasteiger partial charge in [-0.15, -0.1) is 0 Å². The van der Waals surface area contributed by atoms with Crippen LogP contribution in [0.2, 0.25) is 0 Å². The molecule has 1 aliphatic rings. The standard InChI is InChI=1S/C21H21F3N2O5/c1-2-28-8-9-29-20(25-12-14-6-7-17-18(10-14)31-13-30-17)26-19(27)15-4-3-5-16(11-15)21(22,23)24/h3-7,10-11H,2,8-9,12-13H2,1H3,(H,25,26,27). The van der Waals surface area contributed by atoms with E-state index in [-0.39, 0.29) is 38.1 Å². The summed E-state index contributed by atoms with van der Waals surface area (Å²) < 4.78 is 60.0. The highest BCUT2D eigenvalue weighted by atomic mass is 19.4. The minimum atomic E-state index is -4.56. The molecule has 0 atom stereocenters. The molecule has 31 heavy (non-hydrogen) atoms. The molecule has 0 radical (unpaired) electrons. The molecule has 0 bridgehead atoms. The van der Waals surface area contributed by atoms with E-state index in [0.717, 1.165) is 23.8 Å². The first-order chi connectivity index (χ1) is 14.9. The van der Waals surface area contributed by atoms with Gasteiger partial charge >= 0.3 is 6.18 Å². The molecule has 1 heterocycles. The van der Waals surface area contributed by atoms with Gasteiger partial charge in [-0.2, -0.15) is 13.2 Å². The van der Waals surface area contributed by atoms with Crippen molar-refractivity contribution >= 4 is 11.9 Å². The van der Waals surface area contributed by atoms with Crippen LogP contribution in [-0.2, 0) is 22.2 Å². The van der Waals surface area contributed by atoms with Crippen molar-refractivity contribution in [2.75, 3.05) is 26.6 Å². The first-order valence-electron chi connectivity index (χ1n) is 9.49. The van der Waals surface area contributed by atoms with Crippen LogP contribution >= 0.6 is 0 Å². The Labute approximate surface area is 176 Å². The van der Waals surface area contributed by atoms with Gasteiger partial charge in [0, 0.05) is 12.2 Å². The molecule has 0 aliphatic carbocycles. The quantitative estimate of drug-likeness (QED) is 0.405. The van der Waals surface area contributed by atoms with Gasteiger partial charge in [0.2, 0.25) is 6.79 Å². The normalized spacial score (nSPS) is 13.2. The number of halogens is 3. The van der Waals surface area contributed by atoms with E-state index < -0.39 is 17.6 Å². The summed E-state index contributed by atoms with van der Waals surface area (Å²) >= 11 is 0. The molecule has 1 aliphatic heterocycles. The zero-order valence-corrected chi connectivity index (χ0v) is 16.7. The molecule has 0 saturated heterocycles. The van der Waals surface area contributed by atoms with E-state index in [0.29, 0.717) is 18.1 Å². The summed E-state index contributed by atoms with van der Waals surface area (Å²) in [5.41, 5.74) is -0.321. The van der Waals surface area contributed by atoms with E-state index in [1.165, 1.54) is 6.07 Å². The molecule has 7 nitrogen and oxygen atoms in total. The predicted molar refractivity (Wildman–Crippen MR) is 105 cm³/mol. The summed E-state index contributed by atoms with van der Waals surface area (Å²) in [6.45, 7) is 2.97. The third-order valence-electron chi connectivity index (χ3n) is 4.19. The number of nitrogens with one attached hydrogen (secondary N) is 1. The van der Waals surface area contributed by atoms with E-state index in [1.807, 2.05) is 6.92 Å². The first kappa shape index (κ1) is 22.4. The highest BCUT2D eigenvalue weighted by Crippen LogP contribution is 2.32. The number of benzene rings is 2. The number of hydrogen-bond donors (Lipinski definition) is 1. The maximum atomic E-state index is 12.9. The molecule has 10 heteroatoms. The SMILES string of the molecule is CCOCCOC(=NCc1ccc2c(c1)OCO2)NC(=O)c1cccc(C(F)(F)F)c1. The van der Waals surface area contributed by atoms with Crippen LogP contribution in [0.25, 0.3) is 0 Å². The second-order valence-electron chi connectivity index (χ2n) is 6.39. The summed E-state index contributed by atoms with van der Waals surface area (Å²) in [5.74, 6) is 0.435. The Morgan fingerprint density at radius 2 is 1.94 bits per heavy atom. The van der Waals surface area contributed by atoms with Gasteiger partial charge in [0.25, 0.3) is 11.9 Å². The van der Waals surface area contributed by atoms with Crippen LogP contribution in [0.5, 0.6) is 11.5 Å². The maximum Gasteiger partial charge on any atom is 0.416 e. The van der Waals surface area contributed by atoms with Crippen LogP contribution in [0, 0.1) is 0 Å². The lowest BCUT2D eigenvalue weighted by Gasteiger charge is -2.12. The zero-order valence-electron chi connectivity index (χ0n) is 16.7. The number of alkyl halides is 3. The molecule has 3 rings (SSSR count). The van der Waals surface area contributed by atoms with Crippen molar-refractivity contribution in [3.05, 3.63) is 59.2 Å². The number of amides is 1. The van der Waals surface area contributed by atoms with Crippen LogP contribution in [0.15, 0.2) is 47.5 Å². The number of carbonyl (C=O) groups excluding carboxylic acids is 1. The van der Waals surface area contributed by atoms with Gasteiger partial charge in [0.1, 0.15) is 6.61 Å². The van der Waals surface area contributed by atoms with Crippen molar-refractivity contribution in [1.82, 2.24) is 5.32 Å². The van der Waals surface area contributed by atoms with Gasteiger partial charge in [-0.05, 0) is 42.8 Å². The van der Waals surface area contributed by atoms with Crippen LogP contribution in [0.1, 0.15) is 28.4 Å². The summed E-state index contributed by atoms with van der Waals surface area (Å²) in [7, 11) is 0. The fraction of sp³-hybridized carbons (Fsp3) is 0.333. The van der Waals surface area contributed by atoms with Crippen LogP contribution < -0.4 is 14.8 Å². The Balaban J connectivity index is 1.72. The number of carbonyl (C=O) groups is 1. The van der Waals surface area contributed by atoms with Gasteiger partial charge in [0.15, 0.2) is 11.5 Å². The smallest absolute Gasteiger partial charge is 0.416 e. The molecule has 0 fully saturated rings. The average Bonchev–Trinajstić information content (AvgIpc) is 3.22.